The van der Waals surface area contributed by atoms with Gasteiger partial charge in [0.05, 0.1) is 11.9 Å². The van der Waals surface area contributed by atoms with Crippen molar-refractivity contribution in [2.75, 3.05) is 5.75 Å². The van der Waals surface area contributed by atoms with Gasteiger partial charge in [0.1, 0.15) is 0 Å². The minimum atomic E-state index is -0.902. The molecule has 0 aromatic carbocycles. The van der Waals surface area contributed by atoms with E-state index in [9.17, 15) is 9.32 Å². The maximum absolute atomic E-state index is 12.1. The van der Waals surface area contributed by atoms with Gasteiger partial charge < -0.3 is 10.8 Å². The second-order valence-electron chi connectivity index (χ2n) is 5.67. The van der Waals surface area contributed by atoms with E-state index in [-0.39, 0.29) is 18.4 Å². The summed E-state index contributed by atoms with van der Waals surface area (Å²) in [5, 5.41) is 10.2. The van der Waals surface area contributed by atoms with Gasteiger partial charge >= 0.3 is 0 Å². The summed E-state index contributed by atoms with van der Waals surface area (Å²) in [5.41, 5.74) is 5.91. The third-order valence-electron chi connectivity index (χ3n) is 3.50. The van der Waals surface area contributed by atoms with E-state index < -0.39 is 16.9 Å². The lowest BCUT2D eigenvalue weighted by atomic mass is 10.0. The average Bonchev–Trinajstić information content (AvgIpc) is 2.29. The molecule has 5 heteroatoms. The van der Waals surface area contributed by atoms with Crippen LogP contribution < -0.4 is 5.73 Å². The van der Waals surface area contributed by atoms with Crippen molar-refractivity contribution in [3.05, 3.63) is 0 Å². The molecule has 0 heterocycles. The SMILES string of the molecule is CC(C)CC(N)C(O)CS(=O)C1CCCCC1.Cl. The van der Waals surface area contributed by atoms with Crippen LogP contribution in [0, 0.1) is 5.92 Å². The molecule has 0 radical (unpaired) electrons. The summed E-state index contributed by atoms with van der Waals surface area (Å²) >= 11 is 0. The molecular weight excluding hydrogens is 270 g/mol. The lowest BCUT2D eigenvalue weighted by Gasteiger charge is -2.25. The number of aliphatic hydroxyl groups excluding tert-OH is 1. The summed E-state index contributed by atoms with van der Waals surface area (Å²) in [6.45, 7) is 4.18. The monoisotopic (exact) mass is 297 g/mol. The fraction of sp³-hybridized carbons (Fsp3) is 1.00. The third kappa shape index (κ3) is 6.50. The first-order valence-electron chi connectivity index (χ1n) is 6.81. The van der Waals surface area contributed by atoms with Crippen molar-refractivity contribution >= 4 is 23.2 Å². The number of halogens is 1. The summed E-state index contributed by atoms with van der Waals surface area (Å²) in [7, 11) is -0.902. The molecule has 1 aliphatic carbocycles. The lowest BCUT2D eigenvalue weighted by molar-refractivity contribution is 0.155. The molecule has 1 saturated carbocycles. The number of hydrogen-bond acceptors (Lipinski definition) is 3. The Balaban J connectivity index is 0.00000289. The first kappa shape index (κ1) is 18.4. The number of hydrogen-bond donors (Lipinski definition) is 2. The van der Waals surface area contributed by atoms with Crippen molar-refractivity contribution in [3.8, 4) is 0 Å². The standard InChI is InChI=1S/C13H27NO2S.ClH/c1-10(2)8-12(14)13(15)9-17(16)11-6-4-3-5-7-11;/h10-13,15H,3-9,14H2,1-2H3;1H. The molecule has 0 bridgehead atoms. The summed E-state index contributed by atoms with van der Waals surface area (Å²) in [4.78, 5) is 0. The van der Waals surface area contributed by atoms with Gasteiger partial charge in [0.2, 0.25) is 0 Å². The Hall–Kier alpha value is 0.360. The molecule has 0 aliphatic heterocycles. The maximum Gasteiger partial charge on any atom is 0.0806 e. The molecule has 3 N–H and O–H groups in total. The van der Waals surface area contributed by atoms with Gasteiger partial charge in [-0.05, 0) is 25.2 Å². The number of rotatable bonds is 6. The van der Waals surface area contributed by atoms with Crippen LogP contribution in [-0.4, -0.2) is 32.5 Å². The molecule has 3 atom stereocenters. The van der Waals surface area contributed by atoms with Gasteiger partial charge in [0.25, 0.3) is 0 Å². The molecular formula is C13H28ClNO2S. The summed E-state index contributed by atoms with van der Waals surface area (Å²) in [6.07, 6.45) is 5.93. The van der Waals surface area contributed by atoms with Gasteiger partial charge in [-0.15, -0.1) is 12.4 Å². The zero-order valence-electron chi connectivity index (χ0n) is 11.5. The van der Waals surface area contributed by atoms with E-state index in [4.69, 9.17) is 5.73 Å². The highest BCUT2D eigenvalue weighted by Gasteiger charge is 2.24. The first-order valence-corrected chi connectivity index (χ1v) is 8.19. The van der Waals surface area contributed by atoms with Gasteiger partial charge in [0.15, 0.2) is 0 Å². The molecule has 0 amide bonds. The fourth-order valence-corrected chi connectivity index (χ4v) is 4.17. The second kappa shape index (κ2) is 9.29. The molecule has 1 rings (SSSR count). The van der Waals surface area contributed by atoms with Crippen LogP contribution in [0.15, 0.2) is 0 Å². The third-order valence-corrected chi connectivity index (χ3v) is 5.38. The van der Waals surface area contributed by atoms with E-state index in [1.165, 1.54) is 19.3 Å². The van der Waals surface area contributed by atoms with Crippen LogP contribution in [0.5, 0.6) is 0 Å². The Kier molecular flexibility index (Phi) is 9.48. The average molecular weight is 298 g/mol. The Morgan fingerprint density at radius 3 is 2.33 bits per heavy atom. The molecule has 0 saturated heterocycles. The van der Waals surface area contributed by atoms with E-state index in [1.54, 1.807) is 0 Å². The highest BCUT2D eigenvalue weighted by Crippen LogP contribution is 2.22. The maximum atomic E-state index is 12.1. The Morgan fingerprint density at radius 2 is 1.83 bits per heavy atom. The van der Waals surface area contributed by atoms with E-state index in [0.717, 1.165) is 19.3 Å². The van der Waals surface area contributed by atoms with Crippen LogP contribution in [0.25, 0.3) is 0 Å². The first-order chi connectivity index (χ1) is 8.00. The topological polar surface area (TPSA) is 63.3 Å². The molecule has 110 valence electrons. The Morgan fingerprint density at radius 1 is 1.28 bits per heavy atom. The van der Waals surface area contributed by atoms with E-state index in [0.29, 0.717) is 16.9 Å². The molecule has 3 nitrogen and oxygen atoms in total. The van der Waals surface area contributed by atoms with Crippen molar-refractivity contribution in [2.24, 2.45) is 11.7 Å². The minimum Gasteiger partial charge on any atom is -0.391 e. The predicted molar refractivity (Wildman–Crippen MR) is 80.6 cm³/mol. The zero-order chi connectivity index (χ0) is 12.8. The van der Waals surface area contributed by atoms with E-state index >= 15 is 0 Å². The minimum absolute atomic E-state index is 0. The van der Waals surface area contributed by atoms with E-state index in [1.807, 2.05) is 0 Å². The molecule has 3 unspecified atom stereocenters. The van der Waals surface area contributed by atoms with Crippen LogP contribution in [0.4, 0.5) is 0 Å². The molecule has 0 aromatic rings. The normalized spacial score (nSPS) is 22.3. The predicted octanol–water partition coefficient (Wildman–Crippen LogP) is 2.22. The van der Waals surface area contributed by atoms with Crippen molar-refractivity contribution in [1.29, 1.82) is 0 Å². The van der Waals surface area contributed by atoms with Crippen LogP contribution in [0.1, 0.15) is 52.4 Å². The Labute approximate surface area is 120 Å². The van der Waals surface area contributed by atoms with Crippen LogP contribution in [0.3, 0.4) is 0 Å². The molecule has 0 aromatic heterocycles. The molecule has 18 heavy (non-hydrogen) atoms. The van der Waals surface area contributed by atoms with Crippen molar-refractivity contribution in [2.45, 2.75) is 69.8 Å². The highest BCUT2D eigenvalue weighted by atomic mass is 35.5. The lowest BCUT2D eigenvalue weighted by Crippen LogP contribution is -2.41. The molecule has 1 fully saturated rings. The van der Waals surface area contributed by atoms with Gasteiger partial charge in [-0.25, -0.2) is 0 Å². The van der Waals surface area contributed by atoms with Gasteiger partial charge in [-0.3, -0.25) is 4.21 Å². The van der Waals surface area contributed by atoms with Gasteiger partial charge in [-0.1, -0.05) is 33.1 Å². The smallest absolute Gasteiger partial charge is 0.0806 e. The summed E-state index contributed by atoms with van der Waals surface area (Å²) < 4.78 is 12.1. The molecule has 0 spiro atoms. The van der Waals surface area contributed by atoms with E-state index in [2.05, 4.69) is 13.8 Å². The fourth-order valence-electron chi connectivity index (χ4n) is 2.46. The number of aliphatic hydroxyl groups is 1. The van der Waals surface area contributed by atoms with Crippen molar-refractivity contribution < 1.29 is 9.32 Å². The largest absolute Gasteiger partial charge is 0.391 e. The van der Waals surface area contributed by atoms with Crippen molar-refractivity contribution in [3.63, 3.8) is 0 Å². The van der Waals surface area contributed by atoms with Gasteiger partial charge in [0, 0.05) is 22.1 Å². The van der Waals surface area contributed by atoms with Crippen LogP contribution >= 0.6 is 12.4 Å². The number of nitrogens with two attached hydrogens (primary N) is 1. The molecule has 1 aliphatic rings. The summed E-state index contributed by atoms with van der Waals surface area (Å²) in [6, 6.07) is -0.234. The zero-order valence-corrected chi connectivity index (χ0v) is 13.1. The quantitative estimate of drug-likeness (QED) is 0.790. The van der Waals surface area contributed by atoms with Crippen molar-refractivity contribution in [1.82, 2.24) is 0 Å². The summed E-state index contributed by atoms with van der Waals surface area (Å²) in [5.74, 6) is 0.834. The second-order valence-corrected chi connectivity index (χ2v) is 7.43. The highest BCUT2D eigenvalue weighted by molar-refractivity contribution is 7.85. The van der Waals surface area contributed by atoms with Crippen LogP contribution in [-0.2, 0) is 10.8 Å². The Bertz CT molecular complexity index is 245. The van der Waals surface area contributed by atoms with Gasteiger partial charge in [-0.2, -0.15) is 0 Å². The van der Waals surface area contributed by atoms with Crippen LogP contribution in [0.2, 0.25) is 0 Å².